The Balaban J connectivity index is 2.66. The Bertz CT molecular complexity index is 196. The Labute approximate surface area is 68.6 Å². The number of carboxylic acid groups (broad SMARTS) is 1. The van der Waals surface area contributed by atoms with E-state index in [1.165, 1.54) is 0 Å². The van der Waals surface area contributed by atoms with Gasteiger partial charge in [-0.15, -0.1) is 0 Å². The van der Waals surface area contributed by atoms with Gasteiger partial charge in [-0.3, -0.25) is 0 Å². The second-order valence-electron chi connectivity index (χ2n) is 2.84. The lowest BCUT2D eigenvalue weighted by Crippen LogP contribution is -2.56. The van der Waals surface area contributed by atoms with Crippen LogP contribution in [0.3, 0.4) is 0 Å². The normalized spacial score (nSPS) is 42.6. The number of aliphatic carboxylic acids is 1. The molecule has 1 heterocycles. The van der Waals surface area contributed by atoms with Crippen molar-refractivity contribution in [3.63, 3.8) is 0 Å². The van der Waals surface area contributed by atoms with Crippen molar-refractivity contribution in [3.8, 4) is 0 Å². The van der Waals surface area contributed by atoms with Crippen LogP contribution in [0.1, 0.15) is 6.42 Å². The Morgan fingerprint density at radius 2 is 2.25 bits per heavy atom. The number of aliphatic hydroxyl groups is 2. The molecule has 3 atom stereocenters. The van der Waals surface area contributed by atoms with Gasteiger partial charge in [-0.2, -0.15) is 0 Å². The van der Waals surface area contributed by atoms with E-state index in [2.05, 4.69) is 4.74 Å². The van der Waals surface area contributed by atoms with E-state index < -0.39 is 30.3 Å². The zero-order chi connectivity index (χ0) is 9.35. The molecule has 1 aliphatic rings. The van der Waals surface area contributed by atoms with Crippen LogP contribution in [0.15, 0.2) is 0 Å². The molecule has 0 aliphatic carbocycles. The molecule has 1 aliphatic heterocycles. The van der Waals surface area contributed by atoms with E-state index in [0.29, 0.717) is 0 Å². The van der Waals surface area contributed by atoms with Crippen molar-refractivity contribution < 1.29 is 24.9 Å². The first-order valence-corrected chi connectivity index (χ1v) is 3.49. The van der Waals surface area contributed by atoms with E-state index in [4.69, 9.17) is 15.9 Å². The van der Waals surface area contributed by atoms with Gasteiger partial charge in [0.2, 0.25) is 0 Å². The number of carboxylic acids is 1. The Morgan fingerprint density at radius 1 is 1.67 bits per heavy atom. The highest BCUT2D eigenvalue weighted by molar-refractivity contribution is 5.75. The van der Waals surface area contributed by atoms with Crippen LogP contribution in [0.4, 0.5) is 0 Å². The van der Waals surface area contributed by atoms with Gasteiger partial charge in [0, 0.05) is 6.42 Å². The first kappa shape index (κ1) is 9.40. The van der Waals surface area contributed by atoms with Gasteiger partial charge in [-0.1, -0.05) is 0 Å². The Morgan fingerprint density at radius 3 is 2.67 bits per heavy atom. The third-order valence-electron chi connectivity index (χ3n) is 1.83. The maximum atomic E-state index is 10.4. The number of carbonyl (C=O) groups is 1. The molecule has 0 bridgehead atoms. The Hall–Kier alpha value is -0.690. The molecular formula is C6H11NO5. The standard InChI is InChI=1S/C6H11NO5/c7-3-2-12-6(11,5(9)10)1-4(3)8/h3-4,8,11H,1-2,7H2,(H,9,10)/t3-,4?,6-/m0/s1. The van der Waals surface area contributed by atoms with Crippen LogP contribution in [-0.2, 0) is 9.53 Å². The van der Waals surface area contributed by atoms with Crippen LogP contribution in [0, 0.1) is 0 Å². The van der Waals surface area contributed by atoms with E-state index in [1.807, 2.05) is 0 Å². The van der Waals surface area contributed by atoms with Crippen LogP contribution >= 0.6 is 0 Å². The predicted octanol–water partition coefficient (Wildman–Crippen LogP) is -2.13. The Kier molecular flexibility index (Phi) is 2.34. The van der Waals surface area contributed by atoms with Crippen molar-refractivity contribution in [1.29, 1.82) is 0 Å². The smallest absolute Gasteiger partial charge is 0.364 e. The second-order valence-corrected chi connectivity index (χ2v) is 2.84. The molecule has 1 unspecified atom stereocenters. The molecule has 6 nitrogen and oxygen atoms in total. The summed E-state index contributed by atoms with van der Waals surface area (Å²) in [4.78, 5) is 10.4. The molecule has 0 aromatic carbocycles. The van der Waals surface area contributed by atoms with E-state index in [1.54, 1.807) is 0 Å². The number of rotatable bonds is 1. The molecule has 1 saturated heterocycles. The molecular weight excluding hydrogens is 166 g/mol. The van der Waals surface area contributed by atoms with Crippen molar-refractivity contribution in [2.24, 2.45) is 5.73 Å². The molecule has 5 N–H and O–H groups in total. The van der Waals surface area contributed by atoms with Gasteiger partial charge in [-0.05, 0) is 0 Å². The maximum absolute atomic E-state index is 10.4. The number of ether oxygens (including phenoxy) is 1. The molecule has 0 saturated carbocycles. The molecule has 0 aromatic heterocycles. The monoisotopic (exact) mass is 177 g/mol. The zero-order valence-corrected chi connectivity index (χ0v) is 6.30. The van der Waals surface area contributed by atoms with E-state index >= 15 is 0 Å². The minimum atomic E-state index is -2.28. The average molecular weight is 177 g/mol. The molecule has 1 fully saturated rings. The summed E-state index contributed by atoms with van der Waals surface area (Å²) in [6, 6.07) is -0.635. The lowest BCUT2D eigenvalue weighted by atomic mass is 10.00. The number of aliphatic hydroxyl groups excluding tert-OH is 1. The fourth-order valence-corrected chi connectivity index (χ4v) is 0.988. The van der Waals surface area contributed by atoms with E-state index in [-0.39, 0.29) is 6.61 Å². The fraction of sp³-hybridized carbons (Fsp3) is 0.833. The molecule has 0 spiro atoms. The summed E-state index contributed by atoms with van der Waals surface area (Å²) >= 11 is 0. The van der Waals surface area contributed by atoms with E-state index in [9.17, 15) is 9.90 Å². The van der Waals surface area contributed by atoms with E-state index in [0.717, 1.165) is 0 Å². The first-order chi connectivity index (χ1) is 5.46. The highest BCUT2D eigenvalue weighted by Gasteiger charge is 2.45. The number of nitrogens with two attached hydrogens (primary N) is 1. The first-order valence-electron chi connectivity index (χ1n) is 3.49. The quantitative estimate of drug-likeness (QED) is 0.364. The number of hydrogen-bond donors (Lipinski definition) is 4. The van der Waals surface area contributed by atoms with Gasteiger partial charge in [0.15, 0.2) is 0 Å². The maximum Gasteiger partial charge on any atom is 0.364 e. The summed E-state index contributed by atoms with van der Waals surface area (Å²) in [6.45, 7) is -0.163. The SMILES string of the molecule is N[C@H]1CO[C@](O)(C(=O)O)CC1O. The van der Waals surface area contributed by atoms with Crippen molar-refractivity contribution in [3.05, 3.63) is 0 Å². The van der Waals surface area contributed by atoms with Gasteiger partial charge < -0.3 is 25.8 Å². The van der Waals surface area contributed by atoms with Gasteiger partial charge in [0.1, 0.15) is 0 Å². The summed E-state index contributed by atoms with van der Waals surface area (Å²) in [5.41, 5.74) is 5.32. The summed E-state index contributed by atoms with van der Waals surface area (Å²) in [7, 11) is 0. The minimum Gasteiger partial charge on any atom is -0.477 e. The van der Waals surface area contributed by atoms with Crippen LogP contribution in [-0.4, -0.2) is 45.8 Å². The second kappa shape index (κ2) is 2.98. The summed E-state index contributed by atoms with van der Waals surface area (Å²) in [5, 5.41) is 26.8. The lowest BCUT2D eigenvalue weighted by Gasteiger charge is -2.34. The minimum absolute atomic E-state index is 0.163. The van der Waals surface area contributed by atoms with Crippen molar-refractivity contribution in [1.82, 2.24) is 0 Å². The van der Waals surface area contributed by atoms with Crippen molar-refractivity contribution in [2.75, 3.05) is 6.61 Å². The molecule has 6 heteroatoms. The van der Waals surface area contributed by atoms with Crippen LogP contribution < -0.4 is 5.73 Å². The summed E-state index contributed by atoms with van der Waals surface area (Å²) < 4.78 is 4.58. The van der Waals surface area contributed by atoms with Gasteiger partial charge in [-0.25, -0.2) is 4.79 Å². The number of hydrogen-bond acceptors (Lipinski definition) is 5. The third kappa shape index (κ3) is 1.56. The highest BCUT2D eigenvalue weighted by Crippen LogP contribution is 2.22. The van der Waals surface area contributed by atoms with Crippen molar-refractivity contribution >= 4 is 5.97 Å². The summed E-state index contributed by atoms with van der Waals surface area (Å²) in [6.07, 6.45) is -1.44. The third-order valence-corrected chi connectivity index (χ3v) is 1.83. The topological polar surface area (TPSA) is 113 Å². The van der Waals surface area contributed by atoms with Crippen LogP contribution in [0.25, 0.3) is 0 Å². The van der Waals surface area contributed by atoms with Gasteiger partial charge >= 0.3 is 5.97 Å². The molecule has 0 amide bonds. The fourth-order valence-electron chi connectivity index (χ4n) is 0.988. The van der Waals surface area contributed by atoms with Gasteiger partial charge in [0.05, 0.1) is 18.8 Å². The zero-order valence-electron chi connectivity index (χ0n) is 6.30. The predicted molar refractivity (Wildman–Crippen MR) is 37.1 cm³/mol. The molecule has 70 valence electrons. The molecule has 0 radical (unpaired) electrons. The van der Waals surface area contributed by atoms with Crippen LogP contribution in [0.2, 0.25) is 0 Å². The summed E-state index contributed by atoms with van der Waals surface area (Å²) in [5.74, 6) is -3.79. The van der Waals surface area contributed by atoms with Crippen molar-refractivity contribution in [2.45, 2.75) is 24.4 Å². The molecule has 0 aromatic rings. The van der Waals surface area contributed by atoms with Gasteiger partial charge in [0.25, 0.3) is 5.79 Å². The molecule has 1 rings (SSSR count). The molecule has 12 heavy (non-hydrogen) atoms. The highest BCUT2D eigenvalue weighted by atomic mass is 16.6. The van der Waals surface area contributed by atoms with Crippen LogP contribution in [0.5, 0.6) is 0 Å². The lowest BCUT2D eigenvalue weighted by molar-refractivity contribution is -0.252. The largest absolute Gasteiger partial charge is 0.477 e. The average Bonchev–Trinajstić information content (AvgIpc) is 1.97.